The zero-order chi connectivity index (χ0) is 13.0. The number of methoxy groups -OCH3 is 1. The fourth-order valence-corrected chi connectivity index (χ4v) is 2.10. The van der Waals surface area contributed by atoms with Crippen LogP contribution in [0.3, 0.4) is 0 Å². The molecule has 0 aliphatic carbocycles. The van der Waals surface area contributed by atoms with Crippen LogP contribution < -0.4 is 10.5 Å². The molecule has 0 spiro atoms. The fourth-order valence-electron chi connectivity index (χ4n) is 1.46. The van der Waals surface area contributed by atoms with Gasteiger partial charge in [0.05, 0.1) is 18.1 Å². The molecule has 3 N–H and O–H groups in total. The highest BCUT2D eigenvalue weighted by molar-refractivity contribution is 9.10. The summed E-state index contributed by atoms with van der Waals surface area (Å²) in [5.41, 5.74) is 5.70. The lowest BCUT2D eigenvalue weighted by Crippen LogP contribution is -2.03. The highest BCUT2D eigenvalue weighted by atomic mass is 79.9. The van der Waals surface area contributed by atoms with Crippen molar-refractivity contribution < 1.29 is 14.8 Å². The lowest BCUT2D eigenvalue weighted by Gasteiger charge is -2.11. The summed E-state index contributed by atoms with van der Waals surface area (Å²) in [7, 11) is 1.35. The lowest BCUT2D eigenvalue weighted by atomic mass is 10.1. The van der Waals surface area contributed by atoms with E-state index in [1.807, 2.05) is 0 Å². The second kappa shape index (κ2) is 5.83. The summed E-state index contributed by atoms with van der Waals surface area (Å²) in [6.07, 6.45) is 1.07. The van der Waals surface area contributed by atoms with E-state index >= 15 is 0 Å². The molecule has 7 heteroatoms. The molecular formula is C10H13BrN2O4. The Bertz CT molecular complexity index is 437. The van der Waals surface area contributed by atoms with Crippen LogP contribution in [0.25, 0.3) is 0 Å². The molecule has 0 aromatic heterocycles. The Labute approximate surface area is 107 Å². The van der Waals surface area contributed by atoms with Crippen molar-refractivity contribution in [2.24, 2.45) is 5.73 Å². The van der Waals surface area contributed by atoms with Gasteiger partial charge in [-0.25, -0.2) is 0 Å². The minimum atomic E-state index is -0.530. The number of phenolic OH excluding ortho intramolecular Hbond substituents is 1. The number of nitro benzene ring substituents is 1. The third-order valence-corrected chi connectivity index (χ3v) is 3.21. The van der Waals surface area contributed by atoms with Crippen LogP contribution in [-0.2, 0) is 6.42 Å². The van der Waals surface area contributed by atoms with Crippen molar-refractivity contribution in [3.8, 4) is 11.5 Å². The van der Waals surface area contributed by atoms with Crippen molar-refractivity contribution in [1.29, 1.82) is 0 Å². The number of benzene rings is 1. The molecule has 0 saturated heterocycles. The van der Waals surface area contributed by atoms with Crippen molar-refractivity contribution in [1.82, 2.24) is 0 Å². The number of rotatable bonds is 5. The molecule has 0 bridgehead atoms. The maximum Gasteiger partial charge on any atom is 0.287 e. The zero-order valence-corrected chi connectivity index (χ0v) is 10.9. The topological polar surface area (TPSA) is 98.6 Å². The molecular weight excluding hydrogens is 292 g/mol. The van der Waals surface area contributed by atoms with Crippen LogP contribution in [0, 0.1) is 10.1 Å². The van der Waals surface area contributed by atoms with Crippen LogP contribution in [-0.4, -0.2) is 23.7 Å². The number of nitrogens with two attached hydrogens (primary N) is 1. The van der Waals surface area contributed by atoms with Gasteiger partial charge in [-0.05, 0) is 35.3 Å². The maximum atomic E-state index is 10.8. The van der Waals surface area contributed by atoms with Gasteiger partial charge in [0, 0.05) is 5.56 Å². The van der Waals surface area contributed by atoms with E-state index in [4.69, 9.17) is 10.5 Å². The van der Waals surface area contributed by atoms with Crippen LogP contribution >= 0.6 is 15.9 Å². The first-order chi connectivity index (χ1) is 8.02. The summed E-state index contributed by atoms with van der Waals surface area (Å²) >= 11 is 3.13. The molecule has 0 aliphatic heterocycles. The van der Waals surface area contributed by atoms with Crippen molar-refractivity contribution >= 4 is 21.6 Å². The van der Waals surface area contributed by atoms with E-state index in [-0.39, 0.29) is 21.7 Å². The molecule has 94 valence electrons. The molecule has 0 aliphatic rings. The summed E-state index contributed by atoms with van der Waals surface area (Å²) in [4.78, 5) is 10.3. The van der Waals surface area contributed by atoms with E-state index in [1.165, 1.54) is 13.2 Å². The molecule has 0 radical (unpaired) electrons. The van der Waals surface area contributed by atoms with Gasteiger partial charge in [-0.3, -0.25) is 10.1 Å². The molecule has 0 saturated carbocycles. The third-order valence-electron chi connectivity index (χ3n) is 2.32. The first-order valence-corrected chi connectivity index (χ1v) is 5.75. The maximum absolute atomic E-state index is 10.8. The SMILES string of the molecule is COc1cc([N+](=O)[O-])c(Br)c(CCCN)c1O. The normalized spacial score (nSPS) is 10.3. The molecule has 1 aromatic carbocycles. The summed E-state index contributed by atoms with van der Waals surface area (Å²) in [6.45, 7) is 0.441. The molecule has 0 heterocycles. The second-order valence-electron chi connectivity index (χ2n) is 3.39. The van der Waals surface area contributed by atoms with Gasteiger partial charge >= 0.3 is 0 Å². The summed E-state index contributed by atoms with van der Waals surface area (Å²) in [5.74, 6) is 0.00495. The highest BCUT2D eigenvalue weighted by Gasteiger charge is 2.22. The number of ether oxygens (including phenoxy) is 1. The average Bonchev–Trinajstić information content (AvgIpc) is 2.29. The van der Waals surface area contributed by atoms with E-state index < -0.39 is 4.92 Å². The van der Waals surface area contributed by atoms with Crippen LogP contribution in [0.1, 0.15) is 12.0 Å². The van der Waals surface area contributed by atoms with Crippen molar-refractivity contribution in [3.63, 3.8) is 0 Å². The van der Waals surface area contributed by atoms with E-state index in [2.05, 4.69) is 15.9 Å². The Balaban J connectivity index is 3.33. The highest BCUT2D eigenvalue weighted by Crippen LogP contribution is 2.42. The molecule has 1 aromatic rings. The van der Waals surface area contributed by atoms with E-state index in [0.717, 1.165) is 0 Å². The Hall–Kier alpha value is -1.34. The predicted octanol–water partition coefficient (Wildman–Crippen LogP) is 1.96. The fraction of sp³-hybridized carbons (Fsp3) is 0.400. The third kappa shape index (κ3) is 2.86. The molecule has 0 unspecified atom stereocenters. The summed E-state index contributed by atoms with van der Waals surface area (Å²) in [6, 6.07) is 1.19. The average molecular weight is 305 g/mol. The molecule has 6 nitrogen and oxygen atoms in total. The number of nitrogens with zero attached hydrogens (tertiary/aromatic N) is 1. The number of nitro groups is 1. The number of hydrogen-bond donors (Lipinski definition) is 2. The molecule has 0 amide bonds. The largest absolute Gasteiger partial charge is 0.504 e. The van der Waals surface area contributed by atoms with Crippen molar-refractivity contribution in [2.45, 2.75) is 12.8 Å². The molecule has 0 atom stereocenters. The van der Waals surface area contributed by atoms with Crippen molar-refractivity contribution in [3.05, 3.63) is 26.2 Å². The number of halogens is 1. The minimum Gasteiger partial charge on any atom is -0.504 e. The minimum absolute atomic E-state index is 0.0848. The number of hydrogen-bond acceptors (Lipinski definition) is 5. The van der Waals surface area contributed by atoms with E-state index in [0.29, 0.717) is 24.9 Å². The Morgan fingerprint density at radius 3 is 2.76 bits per heavy atom. The van der Waals surface area contributed by atoms with Gasteiger partial charge in [0.25, 0.3) is 5.69 Å². The van der Waals surface area contributed by atoms with Gasteiger partial charge < -0.3 is 15.6 Å². The molecule has 1 rings (SSSR count). The first kappa shape index (κ1) is 13.7. The summed E-state index contributed by atoms with van der Waals surface area (Å²) in [5, 5.41) is 20.7. The predicted molar refractivity (Wildman–Crippen MR) is 66.4 cm³/mol. The van der Waals surface area contributed by atoms with E-state index in [9.17, 15) is 15.2 Å². The van der Waals surface area contributed by atoms with Crippen LogP contribution in [0.15, 0.2) is 10.5 Å². The Morgan fingerprint density at radius 2 is 2.29 bits per heavy atom. The van der Waals surface area contributed by atoms with Crippen LogP contribution in [0.2, 0.25) is 0 Å². The number of phenols is 1. The molecule has 17 heavy (non-hydrogen) atoms. The molecule has 0 fully saturated rings. The van der Waals surface area contributed by atoms with Gasteiger partial charge in [0.2, 0.25) is 0 Å². The van der Waals surface area contributed by atoms with Gasteiger partial charge in [-0.2, -0.15) is 0 Å². The van der Waals surface area contributed by atoms with Crippen LogP contribution in [0.4, 0.5) is 5.69 Å². The van der Waals surface area contributed by atoms with Gasteiger partial charge in [-0.1, -0.05) is 0 Å². The van der Waals surface area contributed by atoms with Crippen molar-refractivity contribution in [2.75, 3.05) is 13.7 Å². The first-order valence-electron chi connectivity index (χ1n) is 4.95. The summed E-state index contributed by atoms with van der Waals surface area (Å²) < 4.78 is 5.18. The second-order valence-corrected chi connectivity index (χ2v) is 4.18. The standard InChI is InChI=1S/C10H13BrN2O4/c1-17-8-5-7(13(15)16)9(11)6(10(8)14)3-2-4-12/h5,14H,2-4,12H2,1H3. The monoisotopic (exact) mass is 304 g/mol. The smallest absolute Gasteiger partial charge is 0.287 e. The van der Waals surface area contributed by atoms with Gasteiger partial charge in [0.1, 0.15) is 4.47 Å². The Kier molecular flexibility index (Phi) is 4.71. The lowest BCUT2D eigenvalue weighted by molar-refractivity contribution is -0.385. The number of aromatic hydroxyl groups is 1. The zero-order valence-electron chi connectivity index (χ0n) is 9.27. The van der Waals surface area contributed by atoms with E-state index in [1.54, 1.807) is 0 Å². The van der Waals surface area contributed by atoms with Gasteiger partial charge in [-0.15, -0.1) is 0 Å². The van der Waals surface area contributed by atoms with Crippen LogP contribution in [0.5, 0.6) is 11.5 Å². The Morgan fingerprint density at radius 1 is 1.65 bits per heavy atom. The quantitative estimate of drug-likeness (QED) is 0.640. The van der Waals surface area contributed by atoms with Gasteiger partial charge in [0.15, 0.2) is 11.5 Å².